The van der Waals surface area contributed by atoms with Gasteiger partial charge in [-0.1, -0.05) is 18.9 Å². The summed E-state index contributed by atoms with van der Waals surface area (Å²) in [6, 6.07) is 6.30. The third-order valence-electron chi connectivity index (χ3n) is 4.75. The van der Waals surface area contributed by atoms with Gasteiger partial charge in [-0.2, -0.15) is 0 Å². The highest BCUT2D eigenvalue weighted by molar-refractivity contribution is 5.35. The maximum absolute atomic E-state index is 13.2. The Balaban J connectivity index is 1.68. The van der Waals surface area contributed by atoms with Crippen LogP contribution in [0.3, 0.4) is 0 Å². The minimum absolute atomic E-state index is 0.0989. The number of benzene rings is 1. The average molecular weight is 247 g/mol. The summed E-state index contributed by atoms with van der Waals surface area (Å²) in [6.07, 6.45) is 7.67. The standard InChI is InChI=1S/C16H22FN/c1-11(12-4-2-3-5-12)18-16-9-6-13-10-14(17)7-8-15(13)16/h7-8,10-12,16,18H,2-6,9H2,1H3/t11-,16?/m0/s1. The Kier molecular flexibility index (Phi) is 3.38. The van der Waals surface area contributed by atoms with Crippen LogP contribution in [0.25, 0.3) is 0 Å². The summed E-state index contributed by atoms with van der Waals surface area (Å²) in [5.74, 6) is 0.743. The molecule has 1 aromatic rings. The molecule has 0 spiro atoms. The molecule has 1 aromatic carbocycles. The van der Waals surface area contributed by atoms with E-state index < -0.39 is 0 Å². The monoisotopic (exact) mass is 247 g/mol. The first-order chi connectivity index (χ1) is 8.74. The van der Waals surface area contributed by atoms with E-state index in [1.165, 1.54) is 36.8 Å². The van der Waals surface area contributed by atoms with Crippen molar-refractivity contribution in [3.05, 3.63) is 35.1 Å². The van der Waals surface area contributed by atoms with Crippen molar-refractivity contribution in [2.24, 2.45) is 5.92 Å². The lowest BCUT2D eigenvalue weighted by Gasteiger charge is -2.25. The minimum atomic E-state index is -0.0989. The maximum atomic E-state index is 13.2. The first kappa shape index (κ1) is 12.2. The molecule has 1 nitrogen and oxygen atoms in total. The Labute approximate surface area is 109 Å². The van der Waals surface area contributed by atoms with Crippen molar-refractivity contribution in [3.8, 4) is 0 Å². The average Bonchev–Trinajstić information content (AvgIpc) is 2.98. The molecule has 0 heterocycles. The number of nitrogens with one attached hydrogen (secondary N) is 1. The van der Waals surface area contributed by atoms with Gasteiger partial charge in [0.1, 0.15) is 5.82 Å². The Morgan fingerprint density at radius 3 is 2.78 bits per heavy atom. The Morgan fingerprint density at radius 2 is 2.00 bits per heavy atom. The molecule has 1 saturated carbocycles. The van der Waals surface area contributed by atoms with Crippen LogP contribution in [-0.2, 0) is 6.42 Å². The van der Waals surface area contributed by atoms with E-state index in [2.05, 4.69) is 12.2 Å². The van der Waals surface area contributed by atoms with Crippen molar-refractivity contribution in [1.82, 2.24) is 5.32 Å². The molecule has 0 bridgehead atoms. The van der Waals surface area contributed by atoms with E-state index in [-0.39, 0.29) is 5.82 Å². The predicted molar refractivity (Wildman–Crippen MR) is 72.0 cm³/mol. The van der Waals surface area contributed by atoms with Crippen LogP contribution < -0.4 is 5.32 Å². The second-order valence-corrected chi connectivity index (χ2v) is 5.93. The second-order valence-electron chi connectivity index (χ2n) is 5.93. The molecular weight excluding hydrogens is 225 g/mol. The van der Waals surface area contributed by atoms with Gasteiger partial charge in [0.05, 0.1) is 0 Å². The summed E-state index contributed by atoms with van der Waals surface area (Å²) in [5, 5.41) is 3.77. The molecule has 2 aliphatic rings. The van der Waals surface area contributed by atoms with E-state index in [4.69, 9.17) is 0 Å². The highest BCUT2D eigenvalue weighted by Crippen LogP contribution is 2.34. The third kappa shape index (κ3) is 2.31. The molecule has 18 heavy (non-hydrogen) atoms. The highest BCUT2D eigenvalue weighted by Gasteiger charge is 2.27. The molecule has 2 heteroatoms. The fourth-order valence-corrected chi connectivity index (χ4v) is 3.67. The molecule has 2 aliphatic carbocycles. The van der Waals surface area contributed by atoms with Gasteiger partial charge in [-0.3, -0.25) is 0 Å². The first-order valence-corrected chi connectivity index (χ1v) is 7.28. The van der Waals surface area contributed by atoms with Gasteiger partial charge in [-0.05, 0) is 61.8 Å². The van der Waals surface area contributed by atoms with E-state index >= 15 is 0 Å². The van der Waals surface area contributed by atoms with Crippen molar-refractivity contribution in [2.75, 3.05) is 0 Å². The van der Waals surface area contributed by atoms with Gasteiger partial charge in [-0.25, -0.2) is 4.39 Å². The van der Waals surface area contributed by atoms with Crippen molar-refractivity contribution in [2.45, 2.75) is 57.5 Å². The molecule has 98 valence electrons. The van der Waals surface area contributed by atoms with E-state index in [0.717, 1.165) is 18.8 Å². The zero-order valence-electron chi connectivity index (χ0n) is 11.1. The second kappa shape index (κ2) is 5.00. The summed E-state index contributed by atoms with van der Waals surface area (Å²) < 4.78 is 13.2. The van der Waals surface area contributed by atoms with Gasteiger partial charge in [-0.15, -0.1) is 0 Å². The molecule has 2 atom stereocenters. The first-order valence-electron chi connectivity index (χ1n) is 7.28. The van der Waals surface area contributed by atoms with Crippen LogP contribution in [0.5, 0.6) is 0 Å². The normalized spacial score (nSPS) is 25.3. The number of aryl methyl sites for hydroxylation is 1. The largest absolute Gasteiger partial charge is 0.307 e. The highest BCUT2D eigenvalue weighted by atomic mass is 19.1. The molecule has 0 aromatic heterocycles. The molecule has 1 unspecified atom stereocenters. The van der Waals surface area contributed by atoms with E-state index in [1.54, 1.807) is 12.1 Å². The van der Waals surface area contributed by atoms with E-state index in [9.17, 15) is 4.39 Å². The zero-order chi connectivity index (χ0) is 12.5. The van der Waals surface area contributed by atoms with Gasteiger partial charge in [0, 0.05) is 12.1 Å². The van der Waals surface area contributed by atoms with Crippen LogP contribution in [-0.4, -0.2) is 6.04 Å². The Hall–Kier alpha value is -0.890. The van der Waals surface area contributed by atoms with Gasteiger partial charge in [0.2, 0.25) is 0 Å². The SMILES string of the molecule is C[C@H](NC1CCc2cc(F)ccc21)C1CCCC1. The molecule has 3 rings (SSSR count). The van der Waals surface area contributed by atoms with Gasteiger partial charge in [0.15, 0.2) is 0 Å². The molecule has 1 N–H and O–H groups in total. The van der Waals surface area contributed by atoms with E-state index in [0.29, 0.717) is 12.1 Å². The summed E-state index contributed by atoms with van der Waals surface area (Å²) in [7, 11) is 0. The predicted octanol–water partition coefficient (Wildman–Crippen LogP) is 3.98. The van der Waals surface area contributed by atoms with Crippen LogP contribution in [0, 0.1) is 11.7 Å². The van der Waals surface area contributed by atoms with Crippen molar-refractivity contribution >= 4 is 0 Å². The lowest BCUT2D eigenvalue weighted by Crippen LogP contribution is -2.34. The number of halogens is 1. The fraction of sp³-hybridized carbons (Fsp3) is 0.625. The Morgan fingerprint density at radius 1 is 1.22 bits per heavy atom. The smallest absolute Gasteiger partial charge is 0.123 e. The summed E-state index contributed by atoms with van der Waals surface area (Å²) in [5.41, 5.74) is 2.52. The fourth-order valence-electron chi connectivity index (χ4n) is 3.67. The third-order valence-corrected chi connectivity index (χ3v) is 4.75. The summed E-state index contributed by atoms with van der Waals surface area (Å²) >= 11 is 0. The molecular formula is C16H22FN. The molecule has 0 radical (unpaired) electrons. The van der Waals surface area contributed by atoms with Crippen LogP contribution in [0.15, 0.2) is 18.2 Å². The summed E-state index contributed by atoms with van der Waals surface area (Å²) in [4.78, 5) is 0. The number of hydrogen-bond donors (Lipinski definition) is 1. The number of fused-ring (bicyclic) bond motifs is 1. The van der Waals surface area contributed by atoms with Crippen LogP contribution >= 0.6 is 0 Å². The topological polar surface area (TPSA) is 12.0 Å². The van der Waals surface area contributed by atoms with E-state index in [1.807, 2.05) is 6.07 Å². The van der Waals surface area contributed by atoms with Crippen LogP contribution in [0.1, 0.15) is 56.2 Å². The molecule has 0 amide bonds. The molecule has 0 saturated heterocycles. The van der Waals surface area contributed by atoms with Crippen LogP contribution in [0.2, 0.25) is 0 Å². The van der Waals surface area contributed by atoms with Crippen molar-refractivity contribution in [1.29, 1.82) is 0 Å². The maximum Gasteiger partial charge on any atom is 0.123 e. The van der Waals surface area contributed by atoms with Crippen molar-refractivity contribution in [3.63, 3.8) is 0 Å². The molecule has 0 aliphatic heterocycles. The van der Waals surface area contributed by atoms with Gasteiger partial charge < -0.3 is 5.32 Å². The zero-order valence-corrected chi connectivity index (χ0v) is 11.1. The number of rotatable bonds is 3. The number of hydrogen-bond acceptors (Lipinski definition) is 1. The van der Waals surface area contributed by atoms with Crippen LogP contribution in [0.4, 0.5) is 4.39 Å². The van der Waals surface area contributed by atoms with Gasteiger partial charge in [0.25, 0.3) is 0 Å². The lowest BCUT2D eigenvalue weighted by atomic mass is 9.98. The summed E-state index contributed by atoms with van der Waals surface area (Å²) in [6.45, 7) is 2.32. The van der Waals surface area contributed by atoms with Crippen molar-refractivity contribution < 1.29 is 4.39 Å². The quantitative estimate of drug-likeness (QED) is 0.852. The minimum Gasteiger partial charge on any atom is -0.307 e. The lowest BCUT2D eigenvalue weighted by molar-refractivity contribution is 0.342. The van der Waals surface area contributed by atoms with Gasteiger partial charge >= 0.3 is 0 Å². The Bertz CT molecular complexity index is 423. The molecule has 1 fully saturated rings.